The summed E-state index contributed by atoms with van der Waals surface area (Å²) in [6, 6.07) is 14.0. The maximum Gasteiger partial charge on any atom is 0.213 e. The summed E-state index contributed by atoms with van der Waals surface area (Å²) >= 11 is 0. The van der Waals surface area contributed by atoms with Crippen LogP contribution in [0, 0.1) is 5.92 Å². The van der Waals surface area contributed by atoms with E-state index in [1.807, 2.05) is 42.5 Å². The molecule has 3 rings (SSSR count). The molecular formula is C19H24N4O. The molecule has 0 bridgehead atoms. The lowest BCUT2D eigenvalue weighted by Crippen LogP contribution is -2.37. The molecule has 1 aromatic heterocycles. The fourth-order valence-electron chi connectivity index (χ4n) is 2.34. The van der Waals surface area contributed by atoms with Gasteiger partial charge >= 0.3 is 0 Å². The zero-order valence-electron chi connectivity index (χ0n) is 14.0. The summed E-state index contributed by atoms with van der Waals surface area (Å²) in [5.41, 5.74) is 2.25. The predicted molar refractivity (Wildman–Crippen MR) is 95.9 cm³/mol. The van der Waals surface area contributed by atoms with Gasteiger partial charge in [0.15, 0.2) is 5.96 Å². The van der Waals surface area contributed by atoms with Gasteiger partial charge in [0.05, 0.1) is 0 Å². The fourth-order valence-corrected chi connectivity index (χ4v) is 2.34. The molecule has 0 spiro atoms. The molecule has 1 saturated carbocycles. The first kappa shape index (κ1) is 16.3. The Hall–Kier alpha value is -2.56. The number of rotatable bonds is 7. The topological polar surface area (TPSA) is 58.5 Å². The molecule has 0 saturated heterocycles. The Balaban J connectivity index is 1.48. The van der Waals surface area contributed by atoms with Gasteiger partial charge in [0.1, 0.15) is 6.61 Å². The van der Waals surface area contributed by atoms with Crippen LogP contribution in [0.2, 0.25) is 0 Å². The summed E-state index contributed by atoms with van der Waals surface area (Å²) in [7, 11) is 1.79. The van der Waals surface area contributed by atoms with Gasteiger partial charge in [-0.3, -0.25) is 4.99 Å². The monoisotopic (exact) mass is 324 g/mol. The third-order valence-corrected chi connectivity index (χ3v) is 3.97. The Morgan fingerprint density at radius 1 is 1.17 bits per heavy atom. The first-order chi connectivity index (χ1) is 11.8. The van der Waals surface area contributed by atoms with Crippen LogP contribution in [0.5, 0.6) is 5.88 Å². The first-order valence-corrected chi connectivity index (χ1v) is 8.39. The number of guanidine groups is 1. The summed E-state index contributed by atoms with van der Waals surface area (Å²) in [4.78, 5) is 8.52. The van der Waals surface area contributed by atoms with Gasteiger partial charge in [-0.05, 0) is 36.0 Å². The zero-order chi connectivity index (χ0) is 16.6. The van der Waals surface area contributed by atoms with Crippen LogP contribution in [-0.4, -0.2) is 24.5 Å². The molecular weight excluding hydrogens is 300 g/mol. The highest BCUT2D eigenvalue weighted by molar-refractivity contribution is 5.79. The van der Waals surface area contributed by atoms with Crippen molar-refractivity contribution in [1.29, 1.82) is 0 Å². The molecule has 0 radical (unpaired) electrons. The van der Waals surface area contributed by atoms with E-state index in [0.717, 1.165) is 29.5 Å². The number of hydrogen-bond donors (Lipinski definition) is 2. The van der Waals surface area contributed by atoms with Crippen molar-refractivity contribution in [2.75, 3.05) is 13.6 Å². The van der Waals surface area contributed by atoms with E-state index >= 15 is 0 Å². The summed E-state index contributed by atoms with van der Waals surface area (Å²) < 4.78 is 5.77. The van der Waals surface area contributed by atoms with E-state index in [2.05, 4.69) is 20.6 Å². The van der Waals surface area contributed by atoms with Crippen LogP contribution in [0.15, 0.2) is 53.7 Å². The first-order valence-electron chi connectivity index (χ1n) is 8.39. The van der Waals surface area contributed by atoms with Crippen LogP contribution in [0.4, 0.5) is 0 Å². The van der Waals surface area contributed by atoms with Crippen molar-refractivity contribution in [3.8, 4) is 5.88 Å². The number of aromatic nitrogens is 1. The van der Waals surface area contributed by atoms with Gasteiger partial charge in [-0.15, -0.1) is 0 Å². The zero-order valence-corrected chi connectivity index (χ0v) is 14.0. The van der Waals surface area contributed by atoms with Gasteiger partial charge < -0.3 is 15.4 Å². The highest BCUT2D eigenvalue weighted by atomic mass is 16.5. The second kappa shape index (κ2) is 8.34. The Labute approximate surface area is 143 Å². The Kier molecular flexibility index (Phi) is 5.66. The van der Waals surface area contributed by atoms with E-state index in [1.54, 1.807) is 13.2 Å². The molecule has 1 heterocycles. The van der Waals surface area contributed by atoms with E-state index in [9.17, 15) is 0 Å². The molecule has 0 aliphatic heterocycles. The second-order valence-corrected chi connectivity index (χ2v) is 6.03. The molecule has 1 fully saturated rings. The summed E-state index contributed by atoms with van der Waals surface area (Å²) in [5.74, 6) is 2.30. The van der Waals surface area contributed by atoms with Crippen molar-refractivity contribution in [3.05, 3.63) is 59.8 Å². The lowest BCUT2D eigenvalue weighted by molar-refractivity contribution is 0.293. The number of nitrogens with one attached hydrogen (secondary N) is 2. The maximum atomic E-state index is 5.77. The molecule has 2 N–H and O–H groups in total. The summed E-state index contributed by atoms with van der Waals surface area (Å²) in [6.07, 6.45) is 4.44. The Bertz CT molecular complexity index is 668. The van der Waals surface area contributed by atoms with Crippen LogP contribution >= 0.6 is 0 Å². The van der Waals surface area contributed by atoms with Crippen LogP contribution in [0.25, 0.3) is 0 Å². The lowest BCUT2D eigenvalue weighted by atomic mass is 10.2. The van der Waals surface area contributed by atoms with Crippen molar-refractivity contribution in [2.45, 2.75) is 26.0 Å². The van der Waals surface area contributed by atoms with Crippen molar-refractivity contribution in [3.63, 3.8) is 0 Å². The van der Waals surface area contributed by atoms with Crippen LogP contribution < -0.4 is 15.4 Å². The Morgan fingerprint density at radius 2 is 2.00 bits per heavy atom. The van der Waals surface area contributed by atoms with E-state index < -0.39 is 0 Å². The molecule has 5 nitrogen and oxygen atoms in total. The lowest BCUT2D eigenvalue weighted by Gasteiger charge is -2.12. The normalized spacial score (nSPS) is 14.3. The minimum absolute atomic E-state index is 0.523. The van der Waals surface area contributed by atoms with Gasteiger partial charge in [-0.1, -0.05) is 30.3 Å². The smallest absolute Gasteiger partial charge is 0.213 e. The number of aliphatic imine (C=N–C) groups is 1. The average molecular weight is 324 g/mol. The maximum absolute atomic E-state index is 5.77. The van der Waals surface area contributed by atoms with Gasteiger partial charge in [-0.25, -0.2) is 4.98 Å². The molecule has 0 unspecified atom stereocenters. The van der Waals surface area contributed by atoms with Crippen molar-refractivity contribution in [2.24, 2.45) is 10.9 Å². The number of nitrogens with zero attached hydrogens (tertiary/aromatic N) is 2. The second-order valence-electron chi connectivity index (χ2n) is 6.03. The van der Waals surface area contributed by atoms with Gasteiger partial charge in [-0.2, -0.15) is 0 Å². The molecule has 24 heavy (non-hydrogen) atoms. The third kappa shape index (κ3) is 5.26. The van der Waals surface area contributed by atoms with Crippen molar-refractivity contribution < 1.29 is 4.74 Å². The Morgan fingerprint density at radius 3 is 2.75 bits per heavy atom. The van der Waals surface area contributed by atoms with E-state index in [-0.39, 0.29) is 0 Å². The third-order valence-electron chi connectivity index (χ3n) is 3.97. The molecule has 2 aromatic rings. The van der Waals surface area contributed by atoms with Crippen LogP contribution in [0.1, 0.15) is 24.0 Å². The molecule has 0 amide bonds. The number of hydrogen-bond acceptors (Lipinski definition) is 3. The SMILES string of the molecule is CN=C(NCc1ccnc(OCc2ccccc2)c1)NCC1CC1. The van der Waals surface area contributed by atoms with Gasteiger partial charge in [0.2, 0.25) is 5.88 Å². The largest absolute Gasteiger partial charge is 0.473 e. The number of ether oxygens (including phenoxy) is 1. The van der Waals surface area contributed by atoms with Crippen molar-refractivity contribution in [1.82, 2.24) is 15.6 Å². The van der Waals surface area contributed by atoms with Crippen molar-refractivity contribution >= 4 is 5.96 Å². The predicted octanol–water partition coefficient (Wildman–Crippen LogP) is 2.74. The summed E-state index contributed by atoms with van der Waals surface area (Å²) in [5, 5.41) is 6.68. The molecule has 5 heteroatoms. The number of benzene rings is 1. The van der Waals surface area contributed by atoms with Crippen LogP contribution in [-0.2, 0) is 13.2 Å². The van der Waals surface area contributed by atoms with E-state index in [0.29, 0.717) is 19.0 Å². The highest BCUT2D eigenvalue weighted by Gasteiger charge is 2.20. The van der Waals surface area contributed by atoms with Gasteiger partial charge in [0, 0.05) is 32.4 Å². The number of pyridine rings is 1. The molecule has 0 atom stereocenters. The minimum atomic E-state index is 0.523. The average Bonchev–Trinajstić information content (AvgIpc) is 3.46. The fraction of sp³-hybridized carbons (Fsp3) is 0.368. The molecule has 1 aliphatic carbocycles. The molecule has 1 aromatic carbocycles. The van der Waals surface area contributed by atoms with E-state index in [1.165, 1.54) is 12.8 Å². The minimum Gasteiger partial charge on any atom is -0.473 e. The quantitative estimate of drug-likeness (QED) is 0.607. The van der Waals surface area contributed by atoms with Gasteiger partial charge in [0.25, 0.3) is 0 Å². The molecule has 1 aliphatic rings. The highest BCUT2D eigenvalue weighted by Crippen LogP contribution is 2.27. The molecule has 126 valence electrons. The summed E-state index contributed by atoms with van der Waals surface area (Å²) in [6.45, 7) is 2.21. The van der Waals surface area contributed by atoms with Crippen LogP contribution in [0.3, 0.4) is 0 Å². The van der Waals surface area contributed by atoms with E-state index in [4.69, 9.17) is 4.74 Å². The standard InChI is InChI=1S/C19H24N4O/c1-20-19(22-12-15-7-8-15)23-13-17-9-10-21-18(11-17)24-14-16-5-3-2-4-6-16/h2-6,9-11,15H,7-8,12-14H2,1H3,(H2,20,22,23).